The number of thioether (sulfide) groups is 1. The fraction of sp³-hybridized carbons (Fsp3) is 0.412. The molecule has 0 fully saturated rings. The highest BCUT2D eigenvalue weighted by Gasteiger charge is 2.13. The lowest BCUT2D eigenvalue weighted by atomic mass is 10.1. The normalized spacial score (nSPS) is 12.3. The maximum absolute atomic E-state index is 5.36. The Bertz CT molecular complexity index is 536. The lowest BCUT2D eigenvalue weighted by Crippen LogP contribution is -2.24. The van der Waals surface area contributed by atoms with E-state index in [-0.39, 0.29) is 0 Å². The highest BCUT2D eigenvalue weighted by atomic mass is 32.2. The number of nitrogens with one attached hydrogen (secondary N) is 1. The quantitative estimate of drug-likeness (QED) is 0.732. The van der Waals surface area contributed by atoms with Crippen LogP contribution in [0, 0.1) is 6.92 Å². The summed E-state index contributed by atoms with van der Waals surface area (Å²) >= 11 is 1.83. The fourth-order valence-electron chi connectivity index (χ4n) is 2.12. The van der Waals surface area contributed by atoms with Crippen LogP contribution in [0.15, 0.2) is 45.9 Å². The highest BCUT2D eigenvalue weighted by molar-refractivity contribution is 7.99. The zero-order chi connectivity index (χ0) is 15.1. The van der Waals surface area contributed by atoms with E-state index in [1.807, 2.05) is 36.9 Å². The molecule has 1 aromatic heterocycles. The average molecular weight is 305 g/mol. The van der Waals surface area contributed by atoms with Crippen molar-refractivity contribution in [3.63, 3.8) is 0 Å². The van der Waals surface area contributed by atoms with E-state index in [1.54, 1.807) is 13.4 Å². The fourth-order valence-corrected chi connectivity index (χ4v) is 3.18. The molecule has 21 heavy (non-hydrogen) atoms. The lowest BCUT2D eigenvalue weighted by Gasteiger charge is -2.19. The van der Waals surface area contributed by atoms with Crippen LogP contribution in [-0.2, 0) is 0 Å². The molecule has 1 N–H and O–H groups in total. The van der Waals surface area contributed by atoms with E-state index in [0.717, 1.165) is 30.2 Å². The van der Waals surface area contributed by atoms with Crippen LogP contribution in [0.5, 0.6) is 5.75 Å². The molecule has 0 saturated heterocycles. The van der Waals surface area contributed by atoms with Crippen LogP contribution in [0.25, 0.3) is 0 Å². The molecule has 0 aliphatic rings. The van der Waals surface area contributed by atoms with Crippen molar-refractivity contribution < 1.29 is 9.15 Å². The number of methoxy groups -OCH3 is 1. The van der Waals surface area contributed by atoms with Crippen LogP contribution in [0.2, 0.25) is 0 Å². The van der Waals surface area contributed by atoms with Gasteiger partial charge in [0.2, 0.25) is 0 Å². The van der Waals surface area contributed by atoms with E-state index in [1.165, 1.54) is 10.5 Å². The first-order valence-corrected chi connectivity index (χ1v) is 8.27. The van der Waals surface area contributed by atoms with Crippen LogP contribution >= 0.6 is 11.8 Å². The highest BCUT2D eigenvalue weighted by Crippen LogP contribution is 2.28. The molecule has 4 heteroatoms. The molecule has 1 heterocycles. The van der Waals surface area contributed by atoms with Gasteiger partial charge in [-0.15, -0.1) is 11.8 Å². The first-order chi connectivity index (χ1) is 10.2. The van der Waals surface area contributed by atoms with Gasteiger partial charge in [-0.2, -0.15) is 0 Å². The summed E-state index contributed by atoms with van der Waals surface area (Å²) < 4.78 is 10.6. The monoisotopic (exact) mass is 305 g/mol. The minimum Gasteiger partial charge on any atom is -0.497 e. The third-order valence-electron chi connectivity index (χ3n) is 3.38. The SMILES string of the molecule is CCCNC(CSc1ccoc1C)c1ccc(OC)cc1. The predicted molar refractivity (Wildman–Crippen MR) is 88.2 cm³/mol. The Labute approximate surface area is 131 Å². The molecular formula is C17H23NO2S. The summed E-state index contributed by atoms with van der Waals surface area (Å²) in [5.74, 6) is 2.86. The van der Waals surface area contributed by atoms with Gasteiger partial charge in [0.05, 0.1) is 13.4 Å². The van der Waals surface area contributed by atoms with Crippen molar-refractivity contribution in [2.45, 2.75) is 31.2 Å². The second kappa shape index (κ2) is 8.15. The van der Waals surface area contributed by atoms with Gasteiger partial charge in [-0.05, 0) is 43.7 Å². The molecule has 0 aliphatic heterocycles. The van der Waals surface area contributed by atoms with E-state index in [2.05, 4.69) is 24.4 Å². The van der Waals surface area contributed by atoms with Crippen molar-refractivity contribution in [2.24, 2.45) is 0 Å². The number of furan rings is 1. The van der Waals surface area contributed by atoms with Crippen molar-refractivity contribution in [2.75, 3.05) is 19.4 Å². The van der Waals surface area contributed by atoms with Gasteiger partial charge >= 0.3 is 0 Å². The van der Waals surface area contributed by atoms with Crippen molar-refractivity contribution in [3.8, 4) is 5.75 Å². The Morgan fingerprint density at radius 2 is 2.00 bits per heavy atom. The number of benzene rings is 1. The Morgan fingerprint density at radius 3 is 2.57 bits per heavy atom. The Balaban J connectivity index is 2.04. The molecule has 0 radical (unpaired) electrons. The molecule has 114 valence electrons. The standard InChI is InChI=1S/C17H23NO2S/c1-4-10-18-16(12-21-17-9-11-20-13(17)2)14-5-7-15(19-3)8-6-14/h5-9,11,16,18H,4,10,12H2,1-3H3. The Hall–Kier alpha value is -1.39. The second-order valence-corrected chi connectivity index (χ2v) is 5.99. The summed E-state index contributed by atoms with van der Waals surface area (Å²) in [6, 6.07) is 10.7. The Morgan fingerprint density at radius 1 is 1.24 bits per heavy atom. The van der Waals surface area contributed by atoms with Gasteiger partial charge in [0.15, 0.2) is 0 Å². The third-order valence-corrected chi connectivity index (χ3v) is 4.61. The minimum absolute atomic E-state index is 0.329. The van der Waals surface area contributed by atoms with Gasteiger partial charge in [-0.25, -0.2) is 0 Å². The van der Waals surface area contributed by atoms with Crippen LogP contribution in [0.4, 0.5) is 0 Å². The topological polar surface area (TPSA) is 34.4 Å². The molecule has 2 aromatic rings. The van der Waals surface area contributed by atoms with E-state index >= 15 is 0 Å². The number of rotatable bonds is 8. The molecule has 3 nitrogen and oxygen atoms in total. The molecule has 0 saturated carbocycles. The van der Waals surface area contributed by atoms with Crippen molar-refractivity contribution in [1.82, 2.24) is 5.32 Å². The van der Waals surface area contributed by atoms with Crippen molar-refractivity contribution in [1.29, 1.82) is 0 Å². The number of hydrogen-bond acceptors (Lipinski definition) is 4. The lowest BCUT2D eigenvalue weighted by molar-refractivity contribution is 0.414. The number of aryl methyl sites for hydroxylation is 1. The zero-order valence-corrected chi connectivity index (χ0v) is 13.7. The second-order valence-electron chi connectivity index (χ2n) is 4.93. The third kappa shape index (κ3) is 4.55. The van der Waals surface area contributed by atoms with Crippen LogP contribution in [0.3, 0.4) is 0 Å². The molecule has 0 amide bonds. The molecule has 0 aliphatic carbocycles. The predicted octanol–water partition coefficient (Wildman–Crippen LogP) is 4.43. The van der Waals surface area contributed by atoms with Gasteiger partial charge in [0.1, 0.15) is 11.5 Å². The van der Waals surface area contributed by atoms with Crippen LogP contribution in [-0.4, -0.2) is 19.4 Å². The molecule has 1 aromatic carbocycles. The van der Waals surface area contributed by atoms with Gasteiger partial charge in [0, 0.05) is 16.7 Å². The van der Waals surface area contributed by atoms with Gasteiger partial charge in [-0.1, -0.05) is 19.1 Å². The first-order valence-electron chi connectivity index (χ1n) is 7.28. The van der Waals surface area contributed by atoms with Gasteiger partial charge < -0.3 is 14.5 Å². The van der Waals surface area contributed by atoms with E-state index in [4.69, 9.17) is 9.15 Å². The molecule has 0 bridgehead atoms. The van der Waals surface area contributed by atoms with E-state index in [0.29, 0.717) is 6.04 Å². The Kier molecular flexibility index (Phi) is 6.21. The van der Waals surface area contributed by atoms with Crippen molar-refractivity contribution in [3.05, 3.63) is 47.9 Å². The van der Waals surface area contributed by atoms with Gasteiger partial charge in [0.25, 0.3) is 0 Å². The van der Waals surface area contributed by atoms with Crippen LogP contribution in [0.1, 0.15) is 30.7 Å². The van der Waals surface area contributed by atoms with E-state index < -0.39 is 0 Å². The first kappa shape index (κ1) is 16.0. The summed E-state index contributed by atoms with van der Waals surface area (Å²) in [5, 5.41) is 3.61. The summed E-state index contributed by atoms with van der Waals surface area (Å²) in [4.78, 5) is 1.21. The number of hydrogen-bond donors (Lipinski definition) is 1. The van der Waals surface area contributed by atoms with Crippen LogP contribution < -0.4 is 10.1 Å². The number of ether oxygens (including phenoxy) is 1. The summed E-state index contributed by atoms with van der Waals surface area (Å²) in [6.45, 7) is 5.21. The molecule has 1 atom stereocenters. The maximum atomic E-state index is 5.36. The summed E-state index contributed by atoms with van der Waals surface area (Å²) in [5.41, 5.74) is 1.29. The maximum Gasteiger partial charge on any atom is 0.118 e. The zero-order valence-electron chi connectivity index (χ0n) is 12.9. The smallest absolute Gasteiger partial charge is 0.118 e. The minimum atomic E-state index is 0.329. The van der Waals surface area contributed by atoms with Gasteiger partial charge in [-0.3, -0.25) is 0 Å². The van der Waals surface area contributed by atoms with E-state index in [9.17, 15) is 0 Å². The average Bonchev–Trinajstić information content (AvgIpc) is 2.93. The molecule has 1 unspecified atom stereocenters. The summed E-state index contributed by atoms with van der Waals surface area (Å²) in [7, 11) is 1.69. The largest absolute Gasteiger partial charge is 0.497 e. The molecular weight excluding hydrogens is 282 g/mol. The van der Waals surface area contributed by atoms with Crippen molar-refractivity contribution >= 4 is 11.8 Å². The molecule has 2 rings (SSSR count). The summed E-state index contributed by atoms with van der Waals surface area (Å²) in [6.07, 6.45) is 2.88. The molecule has 0 spiro atoms.